The maximum atomic E-state index is 13.3. The zero-order valence-electron chi connectivity index (χ0n) is 9.50. The maximum absolute atomic E-state index is 13.3. The van der Waals surface area contributed by atoms with Crippen LogP contribution < -0.4 is 10.5 Å². The first-order chi connectivity index (χ1) is 7.91. The average molecular weight is 245 g/mol. The number of nitrogens with two attached hydrogens (primary N) is 1. The van der Waals surface area contributed by atoms with E-state index < -0.39 is 29.9 Å². The van der Waals surface area contributed by atoms with Gasteiger partial charge in [-0.1, -0.05) is 0 Å². The van der Waals surface area contributed by atoms with E-state index in [0.29, 0.717) is 0 Å². The summed E-state index contributed by atoms with van der Waals surface area (Å²) in [5.74, 6) is -2.83. The molecule has 17 heavy (non-hydrogen) atoms. The molecule has 0 spiro atoms. The van der Waals surface area contributed by atoms with E-state index in [0.717, 1.165) is 12.1 Å². The molecule has 0 unspecified atom stereocenters. The lowest BCUT2D eigenvalue weighted by Crippen LogP contribution is -2.19. The lowest BCUT2D eigenvalue weighted by atomic mass is 10.3. The van der Waals surface area contributed by atoms with Gasteiger partial charge in [-0.05, 0) is 26.0 Å². The molecular weight excluding hydrogens is 232 g/mol. The maximum Gasteiger partial charge on any atom is 0.344 e. The number of hydrogen-bond acceptors (Lipinski definition) is 4. The van der Waals surface area contributed by atoms with Crippen molar-refractivity contribution in [1.29, 1.82) is 0 Å². The fourth-order valence-electron chi connectivity index (χ4n) is 1.09. The van der Waals surface area contributed by atoms with Crippen LogP contribution in [0.5, 0.6) is 5.75 Å². The monoisotopic (exact) mass is 245 g/mol. The average Bonchev–Trinajstić information content (AvgIpc) is 2.24. The lowest BCUT2D eigenvalue weighted by molar-refractivity contribution is -0.149. The van der Waals surface area contributed by atoms with Crippen LogP contribution in [0, 0.1) is 11.6 Å². The highest BCUT2D eigenvalue weighted by atomic mass is 19.1. The van der Waals surface area contributed by atoms with Crippen molar-refractivity contribution in [1.82, 2.24) is 0 Å². The highest BCUT2D eigenvalue weighted by Gasteiger charge is 2.13. The summed E-state index contributed by atoms with van der Waals surface area (Å²) in [6, 6.07) is 2.02. The van der Waals surface area contributed by atoms with Crippen LogP contribution in [0.2, 0.25) is 0 Å². The van der Waals surface area contributed by atoms with Crippen LogP contribution in [-0.4, -0.2) is 18.7 Å². The molecule has 0 fully saturated rings. The Kier molecular flexibility index (Phi) is 4.25. The van der Waals surface area contributed by atoms with Crippen LogP contribution in [0.1, 0.15) is 13.8 Å². The summed E-state index contributed by atoms with van der Waals surface area (Å²) in [4.78, 5) is 11.1. The molecule has 0 atom stereocenters. The molecule has 94 valence electrons. The first-order valence-electron chi connectivity index (χ1n) is 4.97. The lowest BCUT2D eigenvalue weighted by Gasteiger charge is -2.10. The molecule has 0 amide bonds. The van der Waals surface area contributed by atoms with Crippen LogP contribution in [0.4, 0.5) is 14.5 Å². The van der Waals surface area contributed by atoms with Gasteiger partial charge in [-0.3, -0.25) is 0 Å². The van der Waals surface area contributed by atoms with Crippen LogP contribution in [0.15, 0.2) is 12.1 Å². The first-order valence-corrected chi connectivity index (χ1v) is 4.97. The Hall–Kier alpha value is -1.85. The van der Waals surface area contributed by atoms with Crippen molar-refractivity contribution in [2.45, 2.75) is 20.0 Å². The van der Waals surface area contributed by atoms with Crippen LogP contribution in [-0.2, 0) is 9.53 Å². The molecule has 0 aliphatic heterocycles. The summed E-state index contributed by atoms with van der Waals surface area (Å²) < 4.78 is 35.8. The van der Waals surface area contributed by atoms with Gasteiger partial charge < -0.3 is 15.2 Å². The van der Waals surface area contributed by atoms with E-state index in [1.54, 1.807) is 13.8 Å². The van der Waals surface area contributed by atoms with Gasteiger partial charge in [0, 0.05) is 0 Å². The SMILES string of the molecule is CC(C)OC(=O)COc1ccc(F)c(N)c1F. The molecular formula is C11H13F2NO3. The number of benzene rings is 1. The van der Waals surface area contributed by atoms with Crippen molar-refractivity contribution in [3.8, 4) is 5.75 Å². The summed E-state index contributed by atoms with van der Waals surface area (Å²) in [6.45, 7) is 2.89. The Balaban J connectivity index is 2.64. The van der Waals surface area contributed by atoms with Gasteiger partial charge in [0.15, 0.2) is 18.2 Å². The Morgan fingerprint density at radius 3 is 2.65 bits per heavy atom. The van der Waals surface area contributed by atoms with E-state index in [4.69, 9.17) is 15.2 Å². The Morgan fingerprint density at radius 1 is 1.41 bits per heavy atom. The number of rotatable bonds is 4. The highest BCUT2D eigenvalue weighted by Crippen LogP contribution is 2.24. The highest BCUT2D eigenvalue weighted by molar-refractivity contribution is 5.71. The fourth-order valence-corrected chi connectivity index (χ4v) is 1.09. The van der Waals surface area contributed by atoms with Crippen molar-refractivity contribution in [2.24, 2.45) is 0 Å². The summed E-state index contributed by atoms with van der Waals surface area (Å²) in [5.41, 5.74) is 4.48. The number of nitrogen functional groups attached to an aromatic ring is 1. The predicted octanol–water partition coefficient (Wildman–Crippen LogP) is 1.88. The predicted molar refractivity (Wildman–Crippen MR) is 57.5 cm³/mol. The number of carbonyl (C=O) groups excluding carboxylic acids is 1. The Bertz CT molecular complexity index is 421. The molecule has 0 saturated heterocycles. The minimum atomic E-state index is -1.03. The second-order valence-corrected chi connectivity index (χ2v) is 3.60. The van der Waals surface area contributed by atoms with Gasteiger partial charge in [-0.15, -0.1) is 0 Å². The summed E-state index contributed by atoms with van der Waals surface area (Å²) in [6.07, 6.45) is -0.283. The number of carbonyl (C=O) groups is 1. The van der Waals surface area contributed by atoms with Gasteiger partial charge >= 0.3 is 5.97 Å². The number of hydrogen-bond donors (Lipinski definition) is 1. The van der Waals surface area contributed by atoms with Crippen LogP contribution in [0.3, 0.4) is 0 Å². The van der Waals surface area contributed by atoms with Crippen molar-refractivity contribution in [3.63, 3.8) is 0 Å². The van der Waals surface area contributed by atoms with Gasteiger partial charge in [0.1, 0.15) is 11.5 Å². The molecule has 1 aromatic carbocycles. The third-order valence-electron chi connectivity index (χ3n) is 1.80. The largest absolute Gasteiger partial charge is 0.479 e. The summed E-state index contributed by atoms with van der Waals surface area (Å²) in [7, 11) is 0. The fraction of sp³-hybridized carbons (Fsp3) is 0.364. The number of ether oxygens (including phenoxy) is 2. The molecule has 0 aliphatic carbocycles. The Morgan fingerprint density at radius 2 is 2.06 bits per heavy atom. The number of esters is 1. The van der Waals surface area contributed by atoms with Crippen molar-refractivity contribution in [3.05, 3.63) is 23.8 Å². The third kappa shape index (κ3) is 3.58. The molecule has 2 N–H and O–H groups in total. The normalized spacial score (nSPS) is 10.4. The molecule has 6 heteroatoms. The van der Waals surface area contributed by atoms with E-state index in [1.807, 2.05) is 0 Å². The molecule has 0 heterocycles. The van der Waals surface area contributed by atoms with Crippen LogP contribution in [0.25, 0.3) is 0 Å². The second kappa shape index (κ2) is 5.47. The molecule has 0 aliphatic rings. The van der Waals surface area contributed by atoms with E-state index in [-0.39, 0.29) is 11.9 Å². The number of halogens is 2. The minimum absolute atomic E-state index is 0.283. The van der Waals surface area contributed by atoms with Crippen molar-refractivity contribution >= 4 is 11.7 Å². The topological polar surface area (TPSA) is 61.5 Å². The molecule has 1 rings (SSSR count). The second-order valence-electron chi connectivity index (χ2n) is 3.60. The van der Waals surface area contributed by atoms with Gasteiger partial charge in [-0.25, -0.2) is 13.6 Å². The quantitative estimate of drug-likeness (QED) is 0.649. The van der Waals surface area contributed by atoms with E-state index in [9.17, 15) is 13.6 Å². The standard InChI is InChI=1S/C11H13F2NO3/c1-6(2)17-9(15)5-16-8-4-3-7(12)11(14)10(8)13/h3-4,6H,5,14H2,1-2H3. The molecule has 0 saturated carbocycles. The van der Waals surface area contributed by atoms with Crippen LogP contribution >= 0.6 is 0 Å². The van der Waals surface area contributed by atoms with Gasteiger partial charge in [0.2, 0.25) is 0 Å². The molecule has 0 aromatic heterocycles. The molecule has 4 nitrogen and oxygen atoms in total. The summed E-state index contributed by atoms with van der Waals surface area (Å²) in [5, 5.41) is 0. The van der Waals surface area contributed by atoms with E-state index >= 15 is 0 Å². The van der Waals surface area contributed by atoms with Gasteiger partial charge in [-0.2, -0.15) is 0 Å². The van der Waals surface area contributed by atoms with Crippen molar-refractivity contribution < 1.29 is 23.0 Å². The Labute approximate surface area is 97.3 Å². The molecule has 0 bridgehead atoms. The first kappa shape index (κ1) is 13.2. The van der Waals surface area contributed by atoms with Gasteiger partial charge in [0.05, 0.1) is 6.10 Å². The smallest absolute Gasteiger partial charge is 0.344 e. The minimum Gasteiger partial charge on any atom is -0.479 e. The van der Waals surface area contributed by atoms with Crippen molar-refractivity contribution in [2.75, 3.05) is 12.3 Å². The molecule has 0 radical (unpaired) electrons. The van der Waals surface area contributed by atoms with Gasteiger partial charge in [0.25, 0.3) is 0 Å². The third-order valence-corrected chi connectivity index (χ3v) is 1.80. The zero-order valence-corrected chi connectivity index (χ0v) is 9.50. The summed E-state index contributed by atoms with van der Waals surface area (Å²) >= 11 is 0. The zero-order chi connectivity index (χ0) is 13.0. The molecule has 1 aromatic rings. The number of anilines is 1. The van der Waals surface area contributed by atoms with E-state index in [2.05, 4.69) is 0 Å². The van der Waals surface area contributed by atoms with E-state index in [1.165, 1.54) is 0 Å².